The number of ketones is 1. The molecule has 0 aromatic heterocycles. The van der Waals surface area contributed by atoms with E-state index in [0.717, 1.165) is 0 Å². The minimum Gasteiger partial charge on any atom is -0.541 e. The Morgan fingerprint density at radius 1 is 1.62 bits per heavy atom. The molecule has 3 heteroatoms. The van der Waals surface area contributed by atoms with Gasteiger partial charge in [0, 0.05) is 0 Å². The van der Waals surface area contributed by atoms with Gasteiger partial charge in [0.15, 0.2) is 0 Å². The van der Waals surface area contributed by atoms with Gasteiger partial charge in [0.25, 0.3) is 0 Å². The van der Waals surface area contributed by atoms with Crippen LogP contribution in [-0.2, 0) is 30.7 Å². The predicted molar refractivity (Wildman–Crippen MR) is 25.5 cm³/mol. The van der Waals surface area contributed by atoms with Crippen molar-refractivity contribution in [2.75, 3.05) is 0 Å². The maximum Gasteiger partial charge on any atom is 2.00 e. The Hall–Kier alpha value is 0.0283. The second kappa shape index (κ2) is 5.17. The van der Waals surface area contributed by atoms with Gasteiger partial charge in [-0.2, -0.15) is 0 Å². The predicted octanol–water partition coefficient (Wildman–Crippen LogP) is 0.319. The van der Waals surface area contributed by atoms with Crippen molar-refractivity contribution < 1.29 is 30.7 Å². The second-order valence-corrected chi connectivity index (χ2v) is 1.45. The van der Waals surface area contributed by atoms with E-state index in [4.69, 9.17) is 0 Å². The van der Waals surface area contributed by atoms with E-state index in [9.17, 15) is 9.59 Å². The van der Waals surface area contributed by atoms with Gasteiger partial charge in [-0.3, -0.25) is 6.29 Å². The maximum absolute atomic E-state index is 10.1. The van der Waals surface area contributed by atoms with Crippen LogP contribution in [0.3, 0.4) is 0 Å². The molecule has 0 fully saturated rings. The summed E-state index contributed by atoms with van der Waals surface area (Å²) in [4.78, 5) is 19.7. The molecule has 0 saturated heterocycles. The number of carbonyl (C=O) groups excluding carboxylic acids is 2. The molecule has 2 nitrogen and oxygen atoms in total. The van der Waals surface area contributed by atoms with Crippen molar-refractivity contribution in [3.63, 3.8) is 0 Å². The van der Waals surface area contributed by atoms with E-state index in [-0.39, 0.29) is 26.8 Å². The molecule has 0 aliphatic carbocycles. The van der Waals surface area contributed by atoms with Crippen LogP contribution in [0.25, 0.3) is 0 Å². The van der Waals surface area contributed by atoms with E-state index in [1.54, 1.807) is 6.29 Å². The van der Waals surface area contributed by atoms with Gasteiger partial charge in [0.2, 0.25) is 0 Å². The van der Waals surface area contributed by atoms with Gasteiger partial charge in [0.1, 0.15) is 5.78 Å². The summed E-state index contributed by atoms with van der Waals surface area (Å²) in [6.07, 6.45) is 1.56. The molecule has 0 aromatic carbocycles. The monoisotopic (exact) mass is 283 g/mol. The smallest absolute Gasteiger partial charge is 0.541 e. The molecule has 0 radical (unpaired) electrons. The topological polar surface area (TPSA) is 34.1 Å². The molecule has 8 heavy (non-hydrogen) atoms. The standard InChI is InChI=1S/C5H7O2.W/c1-4(3-6)5(2)7;/h4H,1-2H3;/q-1;+2. The largest absolute Gasteiger partial charge is 2.00 e. The third-order valence-corrected chi connectivity index (χ3v) is 0.787. The zero-order valence-corrected chi connectivity index (χ0v) is 7.74. The molecule has 0 aliphatic rings. The fraction of sp³-hybridized carbons (Fsp3) is 0.600. The van der Waals surface area contributed by atoms with Gasteiger partial charge in [-0.25, -0.2) is 0 Å². The molecular weight excluding hydrogens is 276 g/mol. The van der Waals surface area contributed by atoms with Crippen molar-refractivity contribution in [2.45, 2.75) is 13.8 Å². The van der Waals surface area contributed by atoms with Gasteiger partial charge in [0.05, 0.1) is 0 Å². The molecule has 0 aromatic rings. The van der Waals surface area contributed by atoms with E-state index in [1.165, 1.54) is 13.8 Å². The summed E-state index contributed by atoms with van der Waals surface area (Å²) in [6.45, 7) is 2.89. The number of Topliss-reactive ketones (excluding diaryl/α,β-unsaturated/α-hetero) is 1. The van der Waals surface area contributed by atoms with E-state index >= 15 is 0 Å². The summed E-state index contributed by atoms with van der Waals surface area (Å²) in [6, 6.07) is 0. The third-order valence-electron chi connectivity index (χ3n) is 0.787. The molecule has 0 amide bonds. The molecule has 0 spiro atoms. The summed E-state index contributed by atoms with van der Waals surface area (Å²) in [7, 11) is 0. The SMILES string of the molecule is CC(=O)C(C)[C-]=O.[W+2]. The molecule has 0 rings (SSSR count). The molecule has 44 valence electrons. The fourth-order valence-electron chi connectivity index (χ4n) is 0.0830. The molecule has 0 bridgehead atoms. The normalized spacial score (nSPS) is 11.2. The molecule has 0 N–H and O–H groups in total. The molecule has 1 unspecified atom stereocenters. The van der Waals surface area contributed by atoms with E-state index in [2.05, 4.69) is 0 Å². The zero-order chi connectivity index (χ0) is 5.86. The number of hydrogen-bond acceptors (Lipinski definition) is 2. The number of rotatable bonds is 2. The van der Waals surface area contributed by atoms with E-state index < -0.39 is 5.92 Å². The Kier molecular flexibility index (Phi) is 7.05. The Morgan fingerprint density at radius 2 is 2.00 bits per heavy atom. The van der Waals surface area contributed by atoms with Gasteiger partial charge < -0.3 is 9.59 Å². The van der Waals surface area contributed by atoms with Crippen LogP contribution in [0.15, 0.2) is 0 Å². The minimum absolute atomic E-state index is 0. The quantitative estimate of drug-likeness (QED) is 0.540. The molecule has 0 heterocycles. The van der Waals surface area contributed by atoms with Crippen molar-refractivity contribution in [3.8, 4) is 0 Å². The first-order chi connectivity index (χ1) is 3.18. The summed E-state index contributed by atoms with van der Waals surface area (Å²) < 4.78 is 0. The van der Waals surface area contributed by atoms with E-state index in [0.29, 0.717) is 0 Å². The number of hydrogen-bond donors (Lipinski definition) is 0. The van der Waals surface area contributed by atoms with Gasteiger partial charge in [-0.15, -0.1) is 0 Å². The Morgan fingerprint density at radius 3 is 2.00 bits per heavy atom. The fourth-order valence-corrected chi connectivity index (χ4v) is 0.0830. The first-order valence-corrected chi connectivity index (χ1v) is 2.06. The van der Waals surface area contributed by atoms with Crippen LogP contribution >= 0.6 is 0 Å². The van der Waals surface area contributed by atoms with Crippen molar-refractivity contribution >= 4 is 12.1 Å². The van der Waals surface area contributed by atoms with Crippen LogP contribution in [0.4, 0.5) is 0 Å². The van der Waals surface area contributed by atoms with Crippen LogP contribution in [-0.4, -0.2) is 12.1 Å². The van der Waals surface area contributed by atoms with Crippen molar-refractivity contribution in [2.24, 2.45) is 5.92 Å². The average molecular weight is 283 g/mol. The van der Waals surface area contributed by atoms with Crippen LogP contribution in [0.1, 0.15) is 13.8 Å². The van der Waals surface area contributed by atoms with Gasteiger partial charge in [-0.05, 0) is 6.92 Å². The Bertz CT molecular complexity index is 90.4. The van der Waals surface area contributed by atoms with Crippen molar-refractivity contribution in [1.82, 2.24) is 0 Å². The van der Waals surface area contributed by atoms with Crippen LogP contribution < -0.4 is 0 Å². The molecular formula is C5H7O2W+. The first kappa shape index (κ1) is 10.9. The summed E-state index contributed by atoms with van der Waals surface area (Å²) in [5, 5.41) is 0. The van der Waals surface area contributed by atoms with Gasteiger partial charge >= 0.3 is 21.1 Å². The molecule has 1 atom stereocenters. The maximum atomic E-state index is 10.1. The second-order valence-electron chi connectivity index (χ2n) is 1.45. The van der Waals surface area contributed by atoms with E-state index in [1.807, 2.05) is 0 Å². The summed E-state index contributed by atoms with van der Waals surface area (Å²) in [5.41, 5.74) is 0. The average Bonchev–Trinajstić information content (AvgIpc) is 1.65. The summed E-state index contributed by atoms with van der Waals surface area (Å²) in [5.74, 6) is -0.671. The molecule has 0 aliphatic heterocycles. The first-order valence-electron chi connectivity index (χ1n) is 2.06. The summed E-state index contributed by atoms with van der Waals surface area (Å²) >= 11 is 0. The zero-order valence-electron chi connectivity index (χ0n) is 4.80. The molecule has 0 saturated carbocycles. The Balaban J connectivity index is 0. The van der Waals surface area contributed by atoms with Crippen LogP contribution in [0.5, 0.6) is 0 Å². The van der Waals surface area contributed by atoms with Gasteiger partial charge in [-0.1, -0.05) is 12.8 Å². The van der Waals surface area contributed by atoms with Crippen LogP contribution in [0.2, 0.25) is 0 Å². The number of carbonyl (C=O) groups is 1. The Labute approximate surface area is 62.9 Å². The van der Waals surface area contributed by atoms with Crippen LogP contribution in [0, 0.1) is 5.92 Å². The van der Waals surface area contributed by atoms with Crippen molar-refractivity contribution in [1.29, 1.82) is 0 Å². The minimum atomic E-state index is -0.542. The third kappa shape index (κ3) is 4.19. The van der Waals surface area contributed by atoms with Crippen molar-refractivity contribution in [3.05, 3.63) is 0 Å².